The third kappa shape index (κ3) is 2.96. The van der Waals surface area contributed by atoms with Gasteiger partial charge in [-0.3, -0.25) is 9.69 Å². The first-order chi connectivity index (χ1) is 9.52. The van der Waals surface area contributed by atoms with Crippen LogP contribution in [0.1, 0.15) is 34.8 Å². The Hall–Kier alpha value is -1.95. The minimum Gasteiger partial charge on any atom is -0.477 e. The fourth-order valence-electron chi connectivity index (χ4n) is 2.48. The number of amides is 1. The van der Waals surface area contributed by atoms with Crippen LogP contribution in [-0.4, -0.2) is 64.0 Å². The topological polar surface area (TPSA) is 73.7 Å². The number of hydrogen-bond donors (Lipinski definition) is 1. The minimum absolute atomic E-state index is 0.101. The summed E-state index contributed by atoms with van der Waals surface area (Å²) in [5, 5.41) is 8.92. The van der Waals surface area contributed by atoms with Crippen LogP contribution in [0.2, 0.25) is 0 Å². The van der Waals surface area contributed by atoms with Crippen molar-refractivity contribution in [2.75, 3.05) is 26.2 Å². The van der Waals surface area contributed by atoms with Gasteiger partial charge in [0.2, 0.25) is 0 Å². The van der Waals surface area contributed by atoms with E-state index in [0.717, 1.165) is 13.1 Å². The van der Waals surface area contributed by atoms with Gasteiger partial charge < -0.3 is 10.0 Å². The van der Waals surface area contributed by atoms with Crippen molar-refractivity contribution in [3.63, 3.8) is 0 Å². The molecular weight excluding hydrogens is 258 g/mol. The van der Waals surface area contributed by atoms with E-state index in [1.807, 2.05) is 0 Å². The molecule has 1 atom stereocenters. The predicted octanol–water partition coefficient (Wildman–Crippen LogP) is 0.946. The van der Waals surface area contributed by atoms with Crippen LogP contribution in [0.3, 0.4) is 0 Å². The first-order valence-electron chi connectivity index (χ1n) is 6.76. The Labute approximate surface area is 118 Å². The molecule has 1 aromatic heterocycles. The molecule has 1 aromatic rings. The molecule has 1 saturated heterocycles. The van der Waals surface area contributed by atoms with Crippen molar-refractivity contribution in [1.29, 1.82) is 0 Å². The van der Waals surface area contributed by atoms with Crippen LogP contribution in [0.4, 0.5) is 0 Å². The Kier molecular flexibility index (Phi) is 4.34. The average Bonchev–Trinajstić information content (AvgIpc) is 2.46. The molecule has 0 saturated carbocycles. The van der Waals surface area contributed by atoms with E-state index in [1.165, 1.54) is 6.07 Å². The zero-order chi connectivity index (χ0) is 14.7. The summed E-state index contributed by atoms with van der Waals surface area (Å²) >= 11 is 0. The summed E-state index contributed by atoms with van der Waals surface area (Å²) in [6, 6.07) is 4.80. The van der Waals surface area contributed by atoms with Gasteiger partial charge in [0.15, 0.2) is 0 Å². The maximum Gasteiger partial charge on any atom is 0.354 e. The number of aromatic carboxylic acids is 1. The van der Waals surface area contributed by atoms with Gasteiger partial charge in [0.1, 0.15) is 11.4 Å². The second kappa shape index (κ2) is 6.00. The minimum atomic E-state index is -1.12. The van der Waals surface area contributed by atoms with Gasteiger partial charge in [-0.2, -0.15) is 0 Å². The smallest absolute Gasteiger partial charge is 0.354 e. The summed E-state index contributed by atoms with van der Waals surface area (Å²) in [7, 11) is 0. The maximum absolute atomic E-state index is 12.4. The van der Waals surface area contributed by atoms with Crippen LogP contribution >= 0.6 is 0 Å². The van der Waals surface area contributed by atoms with Crippen LogP contribution in [0.5, 0.6) is 0 Å². The maximum atomic E-state index is 12.4. The molecular formula is C14H19N3O3. The Bertz CT molecular complexity index is 518. The molecule has 1 unspecified atom stereocenters. The van der Waals surface area contributed by atoms with Crippen molar-refractivity contribution in [2.45, 2.75) is 19.9 Å². The van der Waals surface area contributed by atoms with Crippen molar-refractivity contribution >= 4 is 11.9 Å². The van der Waals surface area contributed by atoms with Crippen LogP contribution in [0, 0.1) is 0 Å². The van der Waals surface area contributed by atoms with Gasteiger partial charge in [0, 0.05) is 25.7 Å². The lowest BCUT2D eigenvalue weighted by atomic mass is 10.1. The SMILES string of the molecule is CCN1CCN(C(=O)c2cccc(C(=O)O)n2)CC1C. The molecule has 20 heavy (non-hydrogen) atoms. The van der Waals surface area contributed by atoms with Crippen LogP contribution < -0.4 is 0 Å². The number of carbonyl (C=O) groups is 2. The predicted molar refractivity (Wildman–Crippen MR) is 73.8 cm³/mol. The average molecular weight is 277 g/mol. The van der Waals surface area contributed by atoms with Gasteiger partial charge in [-0.25, -0.2) is 9.78 Å². The fraction of sp³-hybridized carbons (Fsp3) is 0.500. The zero-order valence-electron chi connectivity index (χ0n) is 11.7. The van der Waals surface area contributed by atoms with Crippen molar-refractivity contribution in [2.24, 2.45) is 0 Å². The number of hydrogen-bond acceptors (Lipinski definition) is 4. The summed E-state index contributed by atoms with van der Waals surface area (Å²) in [6.45, 7) is 7.29. The van der Waals surface area contributed by atoms with Crippen molar-refractivity contribution in [3.05, 3.63) is 29.6 Å². The second-order valence-electron chi connectivity index (χ2n) is 4.94. The molecule has 108 valence electrons. The summed E-state index contributed by atoms with van der Waals surface area (Å²) in [5.41, 5.74) is 0.0955. The standard InChI is InChI=1S/C14H19N3O3/c1-3-16-7-8-17(9-10(16)2)13(18)11-5-4-6-12(15-11)14(19)20/h4-6,10H,3,7-9H2,1-2H3,(H,19,20). The lowest BCUT2D eigenvalue weighted by Gasteiger charge is -2.39. The van der Waals surface area contributed by atoms with E-state index in [-0.39, 0.29) is 17.3 Å². The van der Waals surface area contributed by atoms with Gasteiger partial charge >= 0.3 is 5.97 Å². The summed E-state index contributed by atoms with van der Waals surface area (Å²) < 4.78 is 0. The highest BCUT2D eigenvalue weighted by molar-refractivity contribution is 5.94. The zero-order valence-corrected chi connectivity index (χ0v) is 11.7. The number of rotatable bonds is 3. The van der Waals surface area contributed by atoms with Crippen LogP contribution in [-0.2, 0) is 0 Å². The number of piperazine rings is 1. The van der Waals surface area contributed by atoms with Crippen LogP contribution in [0.25, 0.3) is 0 Å². The van der Waals surface area contributed by atoms with Gasteiger partial charge in [-0.1, -0.05) is 13.0 Å². The largest absolute Gasteiger partial charge is 0.477 e. The van der Waals surface area contributed by atoms with E-state index in [1.54, 1.807) is 17.0 Å². The van der Waals surface area contributed by atoms with Gasteiger partial charge in [0.05, 0.1) is 0 Å². The van der Waals surface area contributed by atoms with E-state index in [4.69, 9.17) is 5.11 Å². The van der Waals surface area contributed by atoms with Crippen molar-refractivity contribution in [3.8, 4) is 0 Å². The highest BCUT2D eigenvalue weighted by atomic mass is 16.4. The molecule has 0 bridgehead atoms. The van der Waals surface area contributed by atoms with Gasteiger partial charge in [-0.05, 0) is 25.6 Å². The molecule has 1 aliphatic heterocycles. The molecule has 0 spiro atoms. The number of likely N-dealkylation sites (N-methyl/N-ethyl adjacent to an activating group) is 1. The van der Waals surface area contributed by atoms with E-state index >= 15 is 0 Å². The number of carboxylic acids is 1. The molecule has 6 heteroatoms. The molecule has 1 aliphatic rings. The Balaban J connectivity index is 2.12. The number of carboxylic acid groups (broad SMARTS) is 1. The van der Waals surface area contributed by atoms with E-state index in [0.29, 0.717) is 19.1 Å². The highest BCUT2D eigenvalue weighted by Gasteiger charge is 2.27. The normalized spacial score (nSPS) is 19.9. The highest BCUT2D eigenvalue weighted by Crippen LogP contribution is 2.12. The third-order valence-corrected chi connectivity index (χ3v) is 3.65. The van der Waals surface area contributed by atoms with Gasteiger partial charge in [0.25, 0.3) is 5.91 Å². The molecule has 2 heterocycles. The third-order valence-electron chi connectivity index (χ3n) is 3.65. The van der Waals surface area contributed by atoms with E-state index < -0.39 is 5.97 Å². The van der Waals surface area contributed by atoms with E-state index in [9.17, 15) is 9.59 Å². The lowest BCUT2D eigenvalue weighted by Crippen LogP contribution is -2.53. The molecule has 0 radical (unpaired) electrons. The fourth-order valence-corrected chi connectivity index (χ4v) is 2.48. The first-order valence-corrected chi connectivity index (χ1v) is 6.76. The molecule has 1 N–H and O–H groups in total. The Morgan fingerprint density at radius 3 is 2.65 bits per heavy atom. The molecule has 0 aromatic carbocycles. The van der Waals surface area contributed by atoms with Crippen molar-refractivity contribution < 1.29 is 14.7 Å². The van der Waals surface area contributed by atoms with E-state index in [2.05, 4.69) is 23.7 Å². The number of carbonyl (C=O) groups excluding carboxylic acids is 1. The summed E-state index contributed by atoms with van der Waals surface area (Å²) in [6.07, 6.45) is 0. The monoisotopic (exact) mass is 277 g/mol. The molecule has 1 fully saturated rings. The Morgan fingerprint density at radius 2 is 2.05 bits per heavy atom. The molecule has 1 amide bonds. The summed E-state index contributed by atoms with van der Waals surface area (Å²) in [4.78, 5) is 31.2. The summed E-state index contributed by atoms with van der Waals surface area (Å²) in [5.74, 6) is -1.32. The Morgan fingerprint density at radius 1 is 1.35 bits per heavy atom. The quantitative estimate of drug-likeness (QED) is 0.890. The number of aromatic nitrogens is 1. The first kappa shape index (κ1) is 14.5. The van der Waals surface area contributed by atoms with Crippen LogP contribution in [0.15, 0.2) is 18.2 Å². The molecule has 2 rings (SSSR count). The lowest BCUT2D eigenvalue weighted by molar-refractivity contribution is 0.0522. The molecule has 0 aliphatic carbocycles. The van der Waals surface area contributed by atoms with Crippen molar-refractivity contribution in [1.82, 2.24) is 14.8 Å². The second-order valence-corrected chi connectivity index (χ2v) is 4.94. The van der Waals surface area contributed by atoms with Gasteiger partial charge in [-0.15, -0.1) is 0 Å². The number of pyridine rings is 1. The molecule has 6 nitrogen and oxygen atoms in total. The number of nitrogens with zero attached hydrogens (tertiary/aromatic N) is 3.